The summed E-state index contributed by atoms with van der Waals surface area (Å²) in [6, 6.07) is 0. The average Bonchev–Trinajstić information content (AvgIpc) is 2.03. The topological polar surface area (TPSA) is 0 Å². The molecule has 0 nitrogen and oxygen atoms in total. The first kappa shape index (κ1) is 11.9. The van der Waals surface area contributed by atoms with Gasteiger partial charge in [-0.2, -0.15) is 0 Å². The summed E-state index contributed by atoms with van der Waals surface area (Å²) in [5.41, 5.74) is 0. The van der Waals surface area contributed by atoms with E-state index in [4.69, 9.17) is 0 Å². The molecule has 64 valence electrons. The summed E-state index contributed by atoms with van der Waals surface area (Å²) in [5.74, 6) is 0. The summed E-state index contributed by atoms with van der Waals surface area (Å²) < 4.78 is 3.36. The standard InChI is InChI=1S/2C5H11.Cd/c2*1-3-5-4-2;/h2*1,3-5H2,2H3;. The zero-order valence-electron chi connectivity index (χ0n) is 8.36. The predicted molar refractivity (Wildman–Crippen MR) is 48.7 cm³/mol. The van der Waals surface area contributed by atoms with E-state index in [-0.39, 0.29) is 24.2 Å². The van der Waals surface area contributed by atoms with Crippen LogP contribution in [0.15, 0.2) is 0 Å². The molecule has 0 radical (unpaired) electrons. The molecule has 0 fully saturated rings. The van der Waals surface area contributed by atoms with Crippen LogP contribution in [0.5, 0.6) is 0 Å². The van der Waals surface area contributed by atoms with E-state index in [0.29, 0.717) is 0 Å². The van der Waals surface area contributed by atoms with Crippen molar-refractivity contribution in [1.29, 1.82) is 0 Å². The van der Waals surface area contributed by atoms with E-state index in [1.807, 2.05) is 0 Å². The molecule has 0 unspecified atom stereocenters. The molecule has 0 atom stereocenters. The fourth-order valence-electron chi connectivity index (χ4n) is 1.38. The SMILES string of the molecule is CCCC[CH2][Cd][CH2]CCCC. The molecule has 0 spiro atoms. The summed E-state index contributed by atoms with van der Waals surface area (Å²) >= 11 is -0.193. The molecule has 0 aliphatic carbocycles. The molecule has 0 heterocycles. The Bertz CT molecular complexity index is 53.9. The maximum absolute atomic E-state index is 2.30. The fraction of sp³-hybridized carbons (Fsp3) is 1.00. The zero-order valence-corrected chi connectivity index (χ0v) is 12.4. The van der Waals surface area contributed by atoms with Crippen molar-refractivity contribution in [2.75, 3.05) is 0 Å². The van der Waals surface area contributed by atoms with Crippen molar-refractivity contribution in [2.45, 2.75) is 60.3 Å². The first-order valence-corrected chi connectivity index (χ1v) is 11.1. The van der Waals surface area contributed by atoms with Gasteiger partial charge in [-0.25, -0.2) is 0 Å². The van der Waals surface area contributed by atoms with Gasteiger partial charge in [0.05, 0.1) is 0 Å². The Balaban J connectivity index is 2.69. The van der Waals surface area contributed by atoms with E-state index in [1.54, 1.807) is 20.8 Å². The van der Waals surface area contributed by atoms with Gasteiger partial charge in [-0.3, -0.25) is 0 Å². The van der Waals surface area contributed by atoms with Crippen molar-refractivity contribution in [3.8, 4) is 0 Å². The predicted octanol–water partition coefficient (Wildman–Crippen LogP) is 4.29. The van der Waals surface area contributed by atoms with Crippen LogP contribution in [0.25, 0.3) is 0 Å². The van der Waals surface area contributed by atoms with Crippen LogP contribution < -0.4 is 0 Å². The van der Waals surface area contributed by atoms with Crippen LogP contribution in [0.2, 0.25) is 7.96 Å². The third kappa shape index (κ3) is 10.9. The minimum atomic E-state index is -0.193. The van der Waals surface area contributed by atoms with Gasteiger partial charge in [-0.05, 0) is 0 Å². The molecular weight excluding hydrogens is 233 g/mol. The average molecular weight is 255 g/mol. The zero-order chi connectivity index (χ0) is 8.36. The third-order valence-electron chi connectivity index (χ3n) is 2.21. The third-order valence-corrected chi connectivity index (χ3v) is 7.92. The molecule has 0 bridgehead atoms. The number of hydrogen-bond donors (Lipinski definition) is 0. The fourth-order valence-corrected chi connectivity index (χ4v) is 6.43. The van der Waals surface area contributed by atoms with E-state index >= 15 is 0 Å². The molecule has 0 aliphatic heterocycles. The van der Waals surface area contributed by atoms with Gasteiger partial charge in [0.15, 0.2) is 0 Å². The van der Waals surface area contributed by atoms with Crippen molar-refractivity contribution in [3.63, 3.8) is 0 Å². The van der Waals surface area contributed by atoms with Gasteiger partial charge < -0.3 is 0 Å². The van der Waals surface area contributed by atoms with Gasteiger partial charge in [0, 0.05) is 0 Å². The molecule has 11 heavy (non-hydrogen) atoms. The van der Waals surface area contributed by atoms with Gasteiger partial charge in [-0.1, -0.05) is 0 Å². The van der Waals surface area contributed by atoms with Gasteiger partial charge in [-0.15, -0.1) is 0 Å². The van der Waals surface area contributed by atoms with Crippen molar-refractivity contribution < 1.29 is 24.2 Å². The number of hydrogen-bond acceptors (Lipinski definition) is 0. The molecule has 0 aromatic heterocycles. The maximum atomic E-state index is 2.30. The summed E-state index contributed by atoms with van der Waals surface area (Å²) in [7, 11) is 0. The number of rotatable bonds is 8. The van der Waals surface area contributed by atoms with Crippen molar-refractivity contribution >= 4 is 0 Å². The molecular formula is C10H22Cd. The Morgan fingerprint density at radius 3 is 1.55 bits per heavy atom. The summed E-state index contributed by atoms with van der Waals surface area (Å²) in [5, 5.41) is 0. The summed E-state index contributed by atoms with van der Waals surface area (Å²) in [6.07, 6.45) is 8.90. The molecule has 0 saturated carbocycles. The Morgan fingerprint density at radius 1 is 0.727 bits per heavy atom. The summed E-state index contributed by atoms with van der Waals surface area (Å²) in [4.78, 5) is 0. The van der Waals surface area contributed by atoms with Crippen LogP contribution in [-0.4, -0.2) is 0 Å². The molecule has 0 N–H and O–H groups in total. The van der Waals surface area contributed by atoms with Crippen LogP contribution in [0, 0.1) is 0 Å². The Kier molecular flexibility index (Phi) is 11.8. The summed E-state index contributed by atoms with van der Waals surface area (Å²) in [6.45, 7) is 4.60. The van der Waals surface area contributed by atoms with Crippen LogP contribution >= 0.6 is 0 Å². The second-order valence-corrected chi connectivity index (χ2v) is 9.53. The molecule has 0 saturated heterocycles. The van der Waals surface area contributed by atoms with E-state index in [1.165, 1.54) is 25.7 Å². The van der Waals surface area contributed by atoms with Gasteiger partial charge in [0.2, 0.25) is 0 Å². The van der Waals surface area contributed by atoms with Crippen LogP contribution in [0.3, 0.4) is 0 Å². The number of unbranched alkanes of at least 4 members (excludes halogenated alkanes) is 4. The van der Waals surface area contributed by atoms with Crippen molar-refractivity contribution in [1.82, 2.24) is 0 Å². The first-order chi connectivity index (χ1) is 5.41. The van der Waals surface area contributed by atoms with Crippen molar-refractivity contribution in [2.24, 2.45) is 0 Å². The van der Waals surface area contributed by atoms with Crippen molar-refractivity contribution in [3.05, 3.63) is 0 Å². The molecule has 0 rings (SSSR count). The van der Waals surface area contributed by atoms with Crippen LogP contribution in [-0.2, 0) is 24.2 Å². The molecule has 0 aliphatic rings. The second kappa shape index (κ2) is 10.9. The van der Waals surface area contributed by atoms with Gasteiger partial charge in [0.25, 0.3) is 0 Å². The Hall–Kier alpha value is 0.922. The molecule has 0 aromatic carbocycles. The molecule has 1 heteroatoms. The van der Waals surface area contributed by atoms with Crippen LogP contribution in [0.1, 0.15) is 52.4 Å². The Morgan fingerprint density at radius 2 is 1.18 bits per heavy atom. The first-order valence-electron chi connectivity index (χ1n) is 5.41. The molecule has 0 amide bonds. The van der Waals surface area contributed by atoms with Crippen LogP contribution in [0.4, 0.5) is 0 Å². The molecule has 0 aromatic rings. The normalized spacial score (nSPS) is 9.64. The van der Waals surface area contributed by atoms with E-state index in [2.05, 4.69) is 13.8 Å². The van der Waals surface area contributed by atoms with E-state index < -0.39 is 0 Å². The minimum absolute atomic E-state index is 0.193. The quantitative estimate of drug-likeness (QED) is 0.448. The monoisotopic (exact) mass is 256 g/mol. The Labute approximate surface area is 84.4 Å². The van der Waals surface area contributed by atoms with Gasteiger partial charge >= 0.3 is 84.6 Å². The second-order valence-electron chi connectivity index (χ2n) is 3.47. The van der Waals surface area contributed by atoms with E-state index in [9.17, 15) is 0 Å². The van der Waals surface area contributed by atoms with Gasteiger partial charge in [0.1, 0.15) is 0 Å². The van der Waals surface area contributed by atoms with E-state index in [0.717, 1.165) is 0 Å².